The first kappa shape index (κ1) is 14.5. The van der Waals surface area contributed by atoms with E-state index in [1.807, 2.05) is 37.0 Å². The van der Waals surface area contributed by atoms with Crippen LogP contribution in [0.25, 0.3) is 10.7 Å². The lowest BCUT2D eigenvalue weighted by Crippen LogP contribution is -2.17. The SMILES string of the molecule is C#CCn1cc(CN(C)Cc2nc(-c3cccs3)n[nH]2)cn1. The molecule has 3 heterocycles. The average Bonchev–Trinajstić information content (AvgIpc) is 3.20. The Labute approximate surface area is 132 Å². The van der Waals surface area contributed by atoms with Gasteiger partial charge < -0.3 is 0 Å². The van der Waals surface area contributed by atoms with Gasteiger partial charge in [0, 0.05) is 18.3 Å². The molecule has 0 spiro atoms. The molecule has 0 aromatic carbocycles. The zero-order valence-electron chi connectivity index (χ0n) is 12.2. The van der Waals surface area contributed by atoms with E-state index in [-0.39, 0.29) is 0 Å². The lowest BCUT2D eigenvalue weighted by molar-refractivity contribution is 0.311. The number of hydrogen-bond acceptors (Lipinski definition) is 5. The van der Waals surface area contributed by atoms with Crippen molar-refractivity contribution in [2.75, 3.05) is 7.05 Å². The molecule has 22 heavy (non-hydrogen) atoms. The summed E-state index contributed by atoms with van der Waals surface area (Å²) in [4.78, 5) is 7.74. The smallest absolute Gasteiger partial charge is 0.191 e. The second-order valence-electron chi connectivity index (χ2n) is 5.01. The minimum atomic E-state index is 0.496. The number of terminal acetylenes is 1. The lowest BCUT2D eigenvalue weighted by Gasteiger charge is -2.13. The van der Waals surface area contributed by atoms with E-state index in [9.17, 15) is 0 Å². The zero-order chi connectivity index (χ0) is 15.4. The summed E-state index contributed by atoms with van der Waals surface area (Å²) in [5.41, 5.74) is 1.12. The highest BCUT2D eigenvalue weighted by atomic mass is 32.1. The van der Waals surface area contributed by atoms with Crippen molar-refractivity contribution in [1.82, 2.24) is 29.9 Å². The number of nitrogens with zero attached hydrogens (tertiary/aromatic N) is 5. The first-order valence-corrected chi connectivity index (χ1v) is 7.71. The third-order valence-electron chi connectivity index (χ3n) is 3.09. The standard InChI is InChI=1S/C15H16N6S/c1-3-6-21-10-12(8-16-21)9-20(2)11-14-17-15(19-18-14)13-5-4-7-22-13/h1,4-5,7-8,10H,6,9,11H2,2H3,(H,17,18,19). The van der Waals surface area contributed by atoms with Gasteiger partial charge >= 0.3 is 0 Å². The van der Waals surface area contributed by atoms with Gasteiger partial charge in [0.05, 0.1) is 17.6 Å². The van der Waals surface area contributed by atoms with Crippen molar-refractivity contribution >= 4 is 11.3 Å². The molecule has 0 aliphatic carbocycles. The second-order valence-corrected chi connectivity index (χ2v) is 5.95. The van der Waals surface area contributed by atoms with E-state index in [2.05, 4.69) is 31.1 Å². The summed E-state index contributed by atoms with van der Waals surface area (Å²) in [6.07, 6.45) is 9.08. The van der Waals surface area contributed by atoms with Gasteiger partial charge in [0.1, 0.15) is 12.4 Å². The first-order valence-electron chi connectivity index (χ1n) is 6.83. The molecule has 7 heteroatoms. The number of nitrogens with one attached hydrogen (secondary N) is 1. The summed E-state index contributed by atoms with van der Waals surface area (Å²) in [7, 11) is 2.03. The highest BCUT2D eigenvalue weighted by molar-refractivity contribution is 7.13. The van der Waals surface area contributed by atoms with Gasteiger partial charge in [-0.05, 0) is 18.5 Å². The van der Waals surface area contributed by atoms with Crippen LogP contribution in [0.5, 0.6) is 0 Å². The van der Waals surface area contributed by atoms with Gasteiger partial charge in [-0.2, -0.15) is 10.2 Å². The molecule has 3 aromatic heterocycles. The van der Waals surface area contributed by atoms with Crippen molar-refractivity contribution in [3.8, 4) is 23.0 Å². The fraction of sp³-hybridized carbons (Fsp3) is 0.267. The summed E-state index contributed by atoms with van der Waals surface area (Å²) < 4.78 is 1.76. The molecule has 0 fully saturated rings. The van der Waals surface area contributed by atoms with Gasteiger partial charge in [0.2, 0.25) is 0 Å². The fourth-order valence-electron chi connectivity index (χ4n) is 2.17. The predicted octanol–water partition coefficient (Wildman–Crippen LogP) is 1.99. The summed E-state index contributed by atoms with van der Waals surface area (Å²) in [6, 6.07) is 4.01. The normalized spacial score (nSPS) is 11.0. The topological polar surface area (TPSA) is 62.6 Å². The number of aromatic nitrogens is 5. The third kappa shape index (κ3) is 3.42. The Hall–Kier alpha value is -2.43. The summed E-state index contributed by atoms with van der Waals surface area (Å²) in [5.74, 6) is 4.17. The monoisotopic (exact) mass is 312 g/mol. The molecule has 0 saturated heterocycles. The number of rotatable bonds is 6. The molecular formula is C15H16N6S. The molecule has 1 N–H and O–H groups in total. The maximum Gasteiger partial charge on any atom is 0.191 e. The van der Waals surface area contributed by atoms with Crippen LogP contribution in [0.3, 0.4) is 0 Å². The Morgan fingerprint density at radius 3 is 3.14 bits per heavy atom. The zero-order valence-corrected chi connectivity index (χ0v) is 13.0. The van der Waals surface area contributed by atoms with Crippen LogP contribution in [0.1, 0.15) is 11.4 Å². The van der Waals surface area contributed by atoms with Gasteiger partial charge in [0.25, 0.3) is 0 Å². The van der Waals surface area contributed by atoms with E-state index in [1.165, 1.54) is 0 Å². The van der Waals surface area contributed by atoms with E-state index in [0.717, 1.165) is 28.6 Å². The summed E-state index contributed by atoms with van der Waals surface area (Å²) in [6.45, 7) is 1.97. The molecule has 0 saturated carbocycles. The Bertz CT molecular complexity index is 764. The summed E-state index contributed by atoms with van der Waals surface area (Å²) in [5, 5.41) is 13.5. The minimum absolute atomic E-state index is 0.496. The average molecular weight is 312 g/mol. The van der Waals surface area contributed by atoms with Crippen LogP contribution in [0.15, 0.2) is 29.9 Å². The summed E-state index contributed by atoms with van der Waals surface area (Å²) >= 11 is 1.63. The first-order chi connectivity index (χ1) is 10.7. The Morgan fingerprint density at radius 2 is 2.36 bits per heavy atom. The van der Waals surface area contributed by atoms with Crippen molar-refractivity contribution in [1.29, 1.82) is 0 Å². The van der Waals surface area contributed by atoms with E-state index in [0.29, 0.717) is 13.1 Å². The van der Waals surface area contributed by atoms with Crippen molar-refractivity contribution in [3.05, 3.63) is 41.3 Å². The van der Waals surface area contributed by atoms with Gasteiger partial charge in [-0.1, -0.05) is 12.0 Å². The van der Waals surface area contributed by atoms with E-state index >= 15 is 0 Å². The Morgan fingerprint density at radius 1 is 1.45 bits per heavy atom. The van der Waals surface area contributed by atoms with E-state index < -0.39 is 0 Å². The van der Waals surface area contributed by atoms with E-state index in [4.69, 9.17) is 6.42 Å². The molecule has 3 aromatic rings. The maximum atomic E-state index is 5.28. The maximum absolute atomic E-state index is 5.28. The van der Waals surface area contributed by atoms with Crippen LogP contribution in [0.2, 0.25) is 0 Å². The largest absolute Gasteiger partial charge is 0.295 e. The molecule has 0 unspecified atom stereocenters. The molecule has 0 bridgehead atoms. The highest BCUT2D eigenvalue weighted by Gasteiger charge is 2.09. The molecule has 0 aliphatic heterocycles. The van der Waals surface area contributed by atoms with Gasteiger partial charge in [0.15, 0.2) is 5.82 Å². The van der Waals surface area contributed by atoms with Crippen molar-refractivity contribution in [2.45, 2.75) is 19.6 Å². The number of hydrogen-bond donors (Lipinski definition) is 1. The van der Waals surface area contributed by atoms with Crippen LogP contribution in [-0.4, -0.2) is 36.9 Å². The molecule has 0 aliphatic rings. The predicted molar refractivity (Wildman–Crippen MR) is 85.9 cm³/mol. The van der Waals surface area contributed by atoms with Gasteiger partial charge in [-0.25, -0.2) is 4.98 Å². The number of aromatic amines is 1. The molecule has 112 valence electrons. The molecule has 0 atom stereocenters. The molecule has 6 nitrogen and oxygen atoms in total. The quantitative estimate of drug-likeness (QED) is 0.707. The molecule has 0 radical (unpaired) electrons. The molecule has 0 amide bonds. The molecule has 3 rings (SSSR count). The fourth-order valence-corrected chi connectivity index (χ4v) is 2.83. The van der Waals surface area contributed by atoms with Crippen LogP contribution >= 0.6 is 11.3 Å². The minimum Gasteiger partial charge on any atom is -0.295 e. The number of H-pyrrole nitrogens is 1. The molecular weight excluding hydrogens is 296 g/mol. The van der Waals surface area contributed by atoms with Crippen LogP contribution in [0.4, 0.5) is 0 Å². The van der Waals surface area contributed by atoms with E-state index in [1.54, 1.807) is 16.0 Å². The van der Waals surface area contributed by atoms with Crippen LogP contribution < -0.4 is 0 Å². The van der Waals surface area contributed by atoms with Crippen molar-refractivity contribution < 1.29 is 0 Å². The van der Waals surface area contributed by atoms with Gasteiger partial charge in [-0.15, -0.1) is 17.8 Å². The lowest BCUT2D eigenvalue weighted by atomic mass is 10.3. The van der Waals surface area contributed by atoms with Crippen molar-refractivity contribution in [2.24, 2.45) is 0 Å². The van der Waals surface area contributed by atoms with Crippen molar-refractivity contribution in [3.63, 3.8) is 0 Å². The second kappa shape index (κ2) is 6.56. The Balaban J connectivity index is 1.59. The number of thiophene rings is 1. The highest BCUT2D eigenvalue weighted by Crippen LogP contribution is 2.20. The van der Waals surface area contributed by atoms with Gasteiger partial charge in [-0.3, -0.25) is 14.7 Å². The third-order valence-corrected chi connectivity index (χ3v) is 3.95. The Kier molecular flexibility index (Phi) is 4.32. The van der Waals surface area contributed by atoms with Crippen LogP contribution in [-0.2, 0) is 19.6 Å². The van der Waals surface area contributed by atoms with Crippen LogP contribution in [0, 0.1) is 12.3 Å².